The van der Waals surface area contributed by atoms with Crippen molar-refractivity contribution in [2.45, 2.75) is 19.3 Å². The Hall–Kier alpha value is -1.08. The number of hydrogen-bond acceptors (Lipinski definition) is 1. The molecule has 1 nitrogen and oxygen atoms in total. The van der Waals surface area contributed by atoms with Gasteiger partial charge in [-0.15, -0.1) is 0 Å². The van der Waals surface area contributed by atoms with Crippen LogP contribution in [0.2, 0.25) is 0 Å². The first kappa shape index (κ1) is 10.0. The highest BCUT2D eigenvalue weighted by atomic mass is 16.3. The van der Waals surface area contributed by atoms with Gasteiger partial charge in [0.2, 0.25) is 0 Å². The van der Waals surface area contributed by atoms with Crippen LogP contribution in [0.1, 0.15) is 24.8 Å². The van der Waals surface area contributed by atoms with E-state index in [1.807, 2.05) is 31.2 Å². The van der Waals surface area contributed by atoms with Gasteiger partial charge >= 0.3 is 0 Å². The molecular formula is C12H16O. The molecule has 0 fully saturated rings. The Morgan fingerprint density at radius 2 is 2.00 bits per heavy atom. The van der Waals surface area contributed by atoms with Gasteiger partial charge in [-0.2, -0.15) is 0 Å². The Balaban J connectivity index is 2.76. The number of benzene rings is 1. The van der Waals surface area contributed by atoms with Crippen LogP contribution in [0.3, 0.4) is 0 Å². The van der Waals surface area contributed by atoms with E-state index >= 15 is 0 Å². The summed E-state index contributed by atoms with van der Waals surface area (Å²) in [4.78, 5) is 0. The van der Waals surface area contributed by atoms with Crippen molar-refractivity contribution in [3.8, 4) is 0 Å². The van der Waals surface area contributed by atoms with Gasteiger partial charge in [-0.3, -0.25) is 0 Å². The lowest BCUT2D eigenvalue weighted by Crippen LogP contribution is -1.97. The predicted molar refractivity (Wildman–Crippen MR) is 55.7 cm³/mol. The molecule has 70 valence electrons. The van der Waals surface area contributed by atoms with Gasteiger partial charge in [0.1, 0.15) is 0 Å². The smallest absolute Gasteiger partial charge is 0.0439 e. The van der Waals surface area contributed by atoms with Crippen molar-refractivity contribution in [1.82, 2.24) is 0 Å². The predicted octanol–water partition coefficient (Wildman–Crippen LogP) is 2.73. The largest absolute Gasteiger partial charge is 0.396 e. The highest BCUT2D eigenvalue weighted by Gasteiger charge is 2.05. The first-order valence-electron chi connectivity index (χ1n) is 4.67. The third-order valence-electron chi connectivity index (χ3n) is 2.09. The van der Waals surface area contributed by atoms with Crippen molar-refractivity contribution in [3.63, 3.8) is 0 Å². The third-order valence-corrected chi connectivity index (χ3v) is 2.09. The first-order valence-corrected chi connectivity index (χ1v) is 4.67. The average molecular weight is 176 g/mol. The molecule has 0 bridgehead atoms. The van der Waals surface area contributed by atoms with Crippen molar-refractivity contribution >= 4 is 0 Å². The van der Waals surface area contributed by atoms with Crippen LogP contribution in [-0.4, -0.2) is 11.7 Å². The lowest BCUT2D eigenvalue weighted by molar-refractivity contribution is 0.282. The number of allylic oxidation sites excluding steroid dienone is 2. The van der Waals surface area contributed by atoms with Crippen LogP contribution in [0.15, 0.2) is 42.5 Å². The van der Waals surface area contributed by atoms with Gasteiger partial charge in [0.05, 0.1) is 0 Å². The standard InChI is InChI=1S/C12H16O/c1-2-6-11(9-10-13)12-7-4-3-5-8-12/h2-8,11,13H,9-10H2,1H3/b6-2+. The molecule has 0 aliphatic heterocycles. The molecule has 1 rings (SSSR count). The summed E-state index contributed by atoms with van der Waals surface area (Å²) in [5.41, 5.74) is 1.27. The molecule has 1 heteroatoms. The minimum Gasteiger partial charge on any atom is -0.396 e. The zero-order valence-electron chi connectivity index (χ0n) is 7.98. The fourth-order valence-corrected chi connectivity index (χ4v) is 1.45. The van der Waals surface area contributed by atoms with Crippen molar-refractivity contribution < 1.29 is 5.11 Å². The highest BCUT2D eigenvalue weighted by molar-refractivity contribution is 5.23. The van der Waals surface area contributed by atoms with Gasteiger partial charge in [-0.05, 0) is 18.9 Å². The second kappa shape index (κ2) is 5.55. The Morgan fingerprint density at radius 3 is 2.54 bits per heavy atom. The summed E-state index contributed by atoms with van der Waals surface area (Å²) >= 11 is 0. The van der Waals surface area contributed by atoms with Crippen LogP contribution in [0.5, 0.6) is 0 Å². The number of hydrogen-bond donors (Lipinski definition) is 1. The molecule has 0 spiro atoms. The number of rotatable bonds is 4. The van der Waals surface area contributed by atoms with Gasteiger partial charge in [0.25, 0.3) is 0 Å². The van der Waals surface area contributed by atoms with Crippen molar-refractivity contribution in [1.29, 1.82) is 0 Å². The van der Waals surface area contributed by atoms with Crippen LogP contribution in [-0.2, 0) is 0 Å². The normalized spacial score (nSPS) is 13.4. The van der Waals surface area contributed by atoms with E-state index in [2.05, 4.69) is 18.2 Å². The molecule has 1 atom stereocenters. The monoisotopic (exact) mass is 176 g/mol. The van der Waals surface area contributed by atoms with E-state index in [0.717, 1.165) is 6.42 Å². The summed E-state index contributed by atoms with van der Waals surface area (Å²) in [6, 6.07) is 10.3. The van der Waals surface area contributed by atoms with Crippen LogP contribution >= 0.6 is 0 Å². The molecule has 0 aliphatic rings. The van der Waals surface area contributed by atoms with Gasteiger partial charge in [0, 0.05) is 12.5 Å². The zero-order chi connectivity index (χ0) is 9.52. The maximum atomic E-state index is 8.89. The number of aliphatic hydroxyl groups excluding tert-OH is 1. The van der Waals surface area contributed by atoms with E-state index in [9.17, 15) is 0 Å². The van der Waals surface area contributed by atoms with Crippen molar-refractivity contribution in [2.24, 2.45) is 0 Å². The van der Waals surface area contributed by atoms with E-state index in [4.69, 9.17) is 5.11 Å². The van der Waals surface area contributed by atoms with E-state index in [1.165, 1.54) is 5.56 Å². The second-order valence-corrected chi connectivity index (χ2v) is 3.06. The molecule has 1 unspecified atom stereocenters. The Morgan fingerprint density at radius 1 is 1.31 bits per heavy atom. The molecule has 0 aromatic heterocycles. The maximum Gasteiger partial charge on any atom is 0.0439 e. The summed E-state index contributed by atoms with van der Waals surface area (Å²) in [6.45, 7) is 2.25. The van der Waals surface area contributed by atoms with Crippen LogP contribution in [0.25, 0.3) is 0 Å². The quantitative estimate of drug-likeness (QED) is 0.699. The zero-order valence-corrected chi connectivity index (χ0v) is 7.98. The van der Waals surface area contributed by atoms with Gasteiger partial charge < -0.3 is 5.11 Å². The third kappa shape index (κ3) is 3.03. The molecule has 0 saturated heterocycles. The second-order valence-electron chi connectivity index (χ2n) is 3.06. The average Bonchev–Trinajstić information content (AvgIpc) is 2.19. The molecular weight excluding hydrogens is 160 g/mol. The van der Waals surface area contributed by atoms with E-state index < -0.39 is 0 Å². The lowest BCUT2D eigenvalue weighted by Gasteiger charge is -2.10. The molecule has 1 N–H and O–H groups in total. The minimum absolute atomic E-state index is 0.240. The topological polar surface area (TPSA) is 20.2 Å². The fourth-order valence-electron chi connectivity index (χ4n) is 1.45. The highest BCUT2D eigenvalue weighted by Crippen LogP contribution is 2.20. The molecule has 0 aliphatic carbocycles. The summed E-state index contributed by atoms with van der Waals surface area (Å²) in [5.74, 6) is 0.358. The minimum atomic E-state index is 0.240. The van der Waals surface area contributed by atoms with Crippen LogP contribution in [0.4, 0.5) is 0 Å². The van der Waals surface area contributed by atoms with Crippen LogP contribution in [0, 0.1) is 0 Å². The van der Waals surface area contributed by atoms with Crippen molar-refractivity contribution in [3.05, 3.63) is 48.0 Å². The Labute approximate surface area is 79.7 Å². The van der Waals surface area contributed by atoms with E-state index in [-0.39, 0.29) is 6.61 Å². The molecule has 1 aromatic rings. The Bertz CT molecular complexity index is 251. The summed E-state index contributed by atoms with van der Waals surface area (Å²) < 4.78 is 0. The summed E-state index contributed by atoms with van der Waals surface area (Å²) in [6.07, 6.45) is 4.97. The first-order chi connectivity index (χ1) is 6.38. The molecule has 0 amide bonds. The molecule has 0 heterocycles. The Kier molecular flexibility index (Phi) is 4.27. The molecule has 13 heavy (non-hydrogen) atoms. The van der Waals surface area contributed by atoms with E-state index in [1.54, 1.807) is 0 Å². The van der Waals surface area contributed by atoms with E-state index in [0.29, 0.717) is 5.92 Å². The summed E-state index contributed by atoms with van der Waals surface area (Å²) in [7, 11) is 0. The van der Waals surface area contributed by atoms with Gasteiger partial charge in [0.15, 0.2) is 0 Å². The molecule has 1 aromatic carbocycles. The number of aliphatic hydroxyl groups is 1. The maximum absolute atomic E-state index is 8.89. The molecule has 0 radical (unpaired) electrons. The fraction of sp³-hybridized carbons (Fsp3) is 0.333. The van der Waals surface area contributed by atoms with Gasteiger partial charge in [-0.1, -0.05) is 42.5 Å². The van der Waals surface area contributed by atoms with Crippen LogP contribution < -0.4 is 0 Å². The SMILES string of the molecule is C/C=C/C(CCO)c1ccccc1. The molecule has 0 saturated carbocycles. The van der Waals surface area contributed by atoms with Crippen molar-refractivity contribution in [2.75, 3.05) is 6.61 Å². The lowest BCUT2D eigenvalue weighted by atomic mass is 9.96. The summed E-state index contributed by atoms with van der Waals surface area (Å²) in [5, 5.41) is 8.89. The van der Waals surface area contributed by atoms with Gasteiger partial charge in [-0.25, -0.2) is 0 Å².